The van der Waals surface area contributed by atoms with Crippen LogP contribution in [0.1, 0.15) is 26.7 Å². The number of aliphatic hydroxyl groups excluding tert-OH is 1. The van der Waals surface area contributed by atoms with Gasteiger partial charge in [-0.3, -0.25) is 4.79 Å². The van der Waals surface area contributed by atoms with E-state index >= 15 is 0 Å². The topological polar surface area (TPSA) is 75.3 Å². The fourth-order valence-corrected chi connectivity index (χ4v) is 1.04. The Hall–Kier alpha value is -0.610. The summed E-state index contributed by atoms with van der Waals surface area (Å²) in [6.45, 7) is 4.48. The van der Waals surface area contributed by atoms with Gasteiger partial charge in [0.1, 0.15) is 0 Å². The van der Waals surface area contributed by atoms with Crippen molar-refractivity contribution in [1.29, 1.82) is 0 Å². The van der Waals surface area contributed by atoms with Gasteiger partial charge in [0.25, 0.3) is 0 Å². The van der Waals surface area contributed by atoms with Crippen LogP contribution in [0.25, 0.3) is 0 Å². The molecule has 0 aliphatic carbocycles. The standard InChI is InChI=1S/C9H20N2O2/c1-3-8(4-5-12)6-11-9(13)7(2)10/h7-8,12H,3-6,10H2,1-2H3,(H,11,13). The first-order valence-corrected chi connectivity index (χ1v) is 4.76. The maximum atomic E-state index is 11.1. The Labute approximate surface area is 79.5 Å². The molecule has 4 nitrogen and oxygen atoms in total. The van der Waals surface area contributed by atoms with Crippen molar-refractivity contribution in [3.8, 4) is 0 Å². The van der Waals surface area contributed by atoms with Crippen molar-refractivity contribution in [2.75, 3.05) is 13.2 Å². The lowest BCUT2D eigenvalue weighted by Gasteiger charge is -2.15. The molecule has 0 heterocycles. The number of nitrogens with one attached hydrogen (secondary N) is 1. The minimum atomic E-state index is -0.452. The average Bonchev–Trinajstić information content (AvgIpc) is 2.11. The Morgan fingerprint density at radius 3 is 2.62 bits per heavy atom. The van der Waals surface area contributed by atoms with Crippen molar-refractivity contribution in [3.05, 3.63) is 0 Å². The van der Waals surface area contributed by atoms with Gasteiger partial charge < -0.3 is 16.2 Å². The first kappa shape index (κ1) is 12.4. The number of rotatable bonds is 6. The minimum Gasteiger partial charge on any atom is -0.396 e. The number of carbonyl (C=O) groups is 1. The third kappa shape index (κ3) is 5.60. The smallest absolute Gasteiger partial charge is 0.236 e. The van der Waals surface area contributed by atoms with Gasteiger partial charge in [0, 0.05) is 13.2 Å². The second kappa shape index (κ2) is 6.86. The van der Waals surface area contributed by atoms with Crippen LogP contribution in [0.15, 0.2) is 0 Å². The van der Waals surface area contributed by atoms with Gasteiger partial charge in [0.15, 0.2) is 0 Å². The minimum absolute atomic E-state index is 0.128. The van der Waals surface area contributed by atoms with E-state index in [0.717, 1.165) is 12.8 Å². The normalized spacial score (nSPS) is 15.1. The molecule has 78 valence electrons. The second-order valence-corrected chi connectivity index (χ2v) is 3.32. The molecule has 0 spiro atoms. The maximum absolute atomic E-state index is 11.1. The van der Waals surface area contributed by atoms with E-state index in [2.05, 4.69) is 5.32 Å². The summed E-state index contributed by atoms with van der Waals surface area (Å²) in [6, 6.07) is -0.452. The molecule has 0 aliphatic heterocycles. The molecule has 0 bridgehead atoms. The molecule has 1 amide bonds. The highest BCUT2D eigenvalue weighted by molar-refractivity contribution is 5.80. The lowest BCUT2D eigenvalue weighted by molar-refractivity contribution is -0.122. The highest BCUT2D eigenvalue weighted by Crippen LogP contribution is 2.05. The van der Waals surface area contributed by atoms with Crippen LogP contribution in [0.2, 0.25) is 0 Å². The summed E-state index contributed by atoms with van der Waals surface area (Å²) in [7, 11) is 0. The third-order valence-electron chi connectivity index (χ3n) is 2.09. The number of aliphatic hydroxyl groups is 1. The molecule has 0 aliphatic rings. The molecule has 2 unspecified atom stereocenters. The maximum Gasteiger partial charge on any atom is 0.236 e. The number of hydrogen-bond acceptors (Lipinski definition) is 3. The molecule has 0 radical (unpaired) electrons. The van der Waals surface area contributed by atoms with Crippen LogP contribution in [0.4, 0.5) is 0 Å². The van der Waals surface area contributed by atoms with E-state index in [0.29, 0.717) is 12.5 Å². The number of amides is 1. The van der Waals surface area contributed by atoms with Crippen LogP contribution in [-0.4, -0.2) is 30.2 Å². The van der Waals surface area contributed by atoms with Crippen LogP contribution in [0.5, 0.6) is 0 Å². The first-order valence-electron chi connectivity index (χ1n) is 4.76. The van der Waals surface area contributed by atoms with Crippen LogP contribution in [0, 0.1) is 5.92 Å². The lowest BCUT2D eigenvalue weighted by atomic mass is 10.0. The SMILES string of the molecule is CCC(CCO)CNC(=O)C(C)N. The predicted octanol–water partition coefficient (Wildman–Crippen LogP) is -0.142. The van der Waals surface area contributed by atoms with Gasteiger partial charge in [-0.15, -0.1) is 0 Å². The molecule has 0 saturated heterocycles. The van der Waals surface area contributed by atoms with Crippen molar-refractivity contribution in [2.24, 2.45) is 11.7 Å². The zero-order chi connectivity index (χ0) is 10.3. The first-order chi connectivity index (χ1) is 6.11. The average molecular weight is 188 g/mol. The number of nitrogens with two attached hydrogens (primary N) is 1. The van der Waals surface area contributed by atoms with Gasteiger partial charge in [-0.2, -0.15) is 0 Å². The van der Waals surface area contributed by atoms with Gasteiger partial charge in [0.05, 0.1) is 6.04 Å². The molecule has 0 aromatic heterocycles. The highest BCUT2D eigenvalue weighted by Gasteiger charge is 2.10. The van der Waals surface area contributed by atoms with Gasteiger partial charge >= 0.3 is 0 Å². The monoisotopic (exact) mass is 188 g/mol. The molecule has 4 N–H and O–H groups in total. The summed E-state index contributed by atoms with van der Waals surface area (Å²) in [4.78, 5) is 11.1. The zero-order valence-corrected chi connectivity index (χ0v) is 8.42. The number of carbonyl (C=O) groups excluding carboxylic acids is 1. The molecule has 0 aromatic rings. The van der Waals surface area contributed by atoms with E-state index < -0.39 is 6.04 Å². The van der Waals surface area contributed by atoms with Gasteiger partial charge in [-0.05, 0) is 19.3 Å². The van der Waals surface area contributed by atoms with Crippen LogP contribution in [-0.2, 0) is 4.79 Å². The van der Waals surface area contributed by atoms with E-state index in [1.165, 1.54) is 0 Å². The Morgan fingerprint density at radius 2 is 2.23 bits per heavy atom. The van der Waals surface area contributed by atoms with Crippen LogP contribution >= 0.6 is 0 Å². The van der Waals surface area contributed by atoms with Crippen molar-refractivity contribution < 1.29 is 9.90 Å². The van der Waals surface area contributed by atoms with Crippen molar-refractivity contribution in [3.63, 3.8) is 0 Å². The summed E-state index contributed by atoms with van der Waals surface area (Å²) in [6.07, 6.45) is 1.69. The lowest BCUT2D eigenvalue weighted by Crippen LogP contribution is -2.40. The molecular formula is C9H20N2O2. The molecule has 13 heavy (non-hydrogen) atoms. The van der Waals surface area contributed by atoms with Crippen molar-refractivity contribution in [2.45, 2.75) is 32.7 Å². The van der Waals surface area contributed by atoms with Crippen molar-refractivity contribution in [1.82, 2.24) is 5.32 Å². The van der Waals surface area contributed by atoms with E-state index in [1.807, 2.05) is 6.92 Å². The summed E-state index contributed by atoms with van der Waals surface area (Å²) in [5, 5.41) is 11.4. The Kier molecular flexibility index (Phi) is 6.54. The summed E-state index contributed by atoms with van der Waals surface area (Å²) < 4.78 is 0. The van der Waals surface area contributed by atoms with E-state index in [-0.39, 0.29) is 12.5 Å². The summed E-state index contributed by atoms with van der Waals surface area (Å²) >= 11 is 0. The van der Waals surface area contributed by atoms with E-state index in [9.17, 15) is 4.79 Å². The molecule has 2 atom stereocenters. The fourth-order valence-electron chi connectivity index (χ4n) is 1.04. The van der Waals surface area contributed by atoms with E-state index in [1.54, 1.807) is 6.92 Å². The van der Waals surface area contributed by atoms with E-state index in [4.69, 9.17) is 10.8 Å². The molecule has 0 fully saturated rings. The largest absolute Gasteiger partial charge is 0.396 e. The Morgan fingerprint density at radius 1 is 1.62 bits per heavy atom. The summed E-state index contributed by atoms with van der Waals surface area (Å²) in [5.74, 6) is 0.226. The number of hydrogen-bond donors (Lipinski definition) is 3. The fraction of sp³-hybridized carbons (Fsp3) is 0.889. The van der Waals surface area contributed by atoms with Crippen LogP contribution < -0.4 is 11.1 Å². The second-order valence-electron chi connectivity index (χ2n) is 3.32. The predicted molar refractivity (Wildman–Crippen MR) is 52.1 cm³/mol. The molecule has 4 heteroatoms. The molecule has 0 rings (SSSR count). The van der Waals surface area contributed by atoms with Gasteiger partial charge in [0.2, 0.25) is 5.91 Å². The Bertz CT molecular complexity index is 149. The molecule has 0 saturated carbocycles. The third-order valence-corrected chi connectivity index (χ3v) is 2.09. The summed E-state index contributed by atoms with van der Waals surface area (Å²) in [5.41, 5.74) is 5.38. The highest BCUT2D eigenvalue weighted by atomic mass is 16.3. The van der Waals surface area contributed by atoms with Gasteiger partial charge in [-0.1, -0.05) is 13.3 Å². The molecule has 0 aromatic carbocycles. The van der Waals surface area contributed by atoms with Crippen LogP contribution in [0.3, 0.4) is 0 Å². The van der Waals surface area contributed by atoms with Crippen molar-refractivity contribution >= 4 is 5.91 Å². The quantitative estimate of drug-likeness (QED) is 0.543. The Balaban J connectivity index is 3.65. The zero-order valence-electron chi connectivity index (χ0n) is 8.42. The molecular weight excluding hydrogens is 168 g/mol. The van der Waals surface area contributed by atoms with Gasteiger partial charge in [-0.25, -0.2) is 0 Å².